The standard InChI is InChI=1S/C21H22F3N3O4/c1-2-12-31-17-5-3-4-15(13-17)20(28)26-10-8-25(9-11-26)18-7-6-16(21(22,23)24)14-19(18)27(29)30/h3-7,13-14H,2,8-12H2,1H3. The number of alkyl halides is 3. The number of benzene rings is 2. The average molecular weight is 437 g/mol. The zero-order chi connectivity index (χ0) is 22.6. The molecule has 1 aliphatic rings. The molecule has 0 bridgehead atoms. The van der Waals surface area contributed by atoms with Crippen molar-refractivity contribution in [2.75, 3.05) is 37.7 Å². The summed E-state index contributed by atoms with van der Waals surface area (Å²) in [6.45, 7) is 3.64. The number of anilines is 1. The van der Waals surface area contributed by atoms with Crippen molar-refractivity contribution in [1.29, 1.82) is 0 Å². The first-order valence-electron chi connectivity index (χ1n) is 9.83. The molecule has 0 radical (unpaired) electrons. The van der Waals surface area contributed by atoms with Gasteiger partial charge in [0.2, 0.25) is 0 Å². The van der Waals surface area contributed by atoms with E-state index in [0.29, 0.717) is 24.0 Å². The van der Waals surface area contributed by atoms with Crippen LogP contribution in [0.4, 0.5) is 24.5 Å². The van der Waals surface area contributed by atoms with E-state index in [1.807, 2.05) is 6.92 Å². The normalized spacial score (nSPS) is 14.5. The predicted octanol–water partition coefficient (Wildman–Crippen LogP) is 4.36. The number of hydrogen-bond acceptors (Lipinski definition) is 5. The lowest BCUT2D eigenvalue weighted by Gasteiger charge is -2.36. The summed E-state index contributed by atoms with van der Waals surface area (Å²) in [4.78, 5) is 26.6. The van der Waals surface area contributed by atoms with Crippen LogP contribution in [0.1, 0.15) is 29.3 Å². The van der Waals surface area contributed by atoms with Crippen LogP contribution in [0.3, 0.4) is 0 Å². The molecule has 0 saturated carbocycles. The molecule has 7 nitrogen and oxygen atoms in total. The number of carbonyl (C=O) groups is 1. The van der Waals surface area contributed by atoms with Crippen molar-refractivity contribution in [3.05, 3.63) is 63.7 Å². The fourth-order valence-electron chi connectivity index (χ4n) is 3.39. The van der Waals surface area contributed by atoms with E-state index in [2.05, 4.69) is 0 Å². The maximum absolute atomic E-state index is 12.9. The first-order chi connectivity index (χ1) is 14.7. The Balaban J connectivity index is 1.71. The molecule has 0 N–H and O–H groups in total. The number of piperazine rings is 1. The zero-order valence-electron chi connectivity index (χ0n) is 16.9. The SMILES string of the molecule is CCCOc1cccc(C(=O)N2CCN(c3ccc(C(F)(F)F)cc3[N+](=O)[O-])CC2)c1. The monoisotopic (exact) mass is 437 g/mol. The molecule has 2 aromatic rings. The van der Waals surface area contributed by atoms with Crippen molar-refractivity contribution in [3.63, 3.8) is 0 Å². The zero-order valence-corrected chi connectivity index (χ0v) is 16.9. The molecule has 3 rings (SSSR count). The second-order valence-corrected chi connectivity index (χ2v) is 7.11. The molecule has 10 heteroatoms. The Morgan fingerprint density at radius 3 is 2.45 bits per heavy atom. The second-order valence-electron chi connectivity index (χ2n) is 7.11. The molecular formula is C21H22F3N3O4. The van der Waals surface area contributed by atoms with E-state index < -0.39 is 22.4 Å². The summed E-state index contributed by atoms with van der Waals surface area (Å²) >= 11 is 0. The van der Waals surface area contributed by atoms with Crippen molar-refractivity contribution in [1.82, 2.24) is 4.90 Å². The molecule has 0 atom stereocenters. The summed E-state index contributed by atoms with van der Waals surface area (Å²) in [5.74, 6) is 0.412. The van der Waals surface area contributed by atoms with Gasteiger partial charge in [0.05, 0.1) is 17.1 Å². The molecule has 166 valence electrons. The van der Waals surface area contributed by atoms with Crippen LogP contribution in [0, 0.1) is 10.1 Å². The Hall–Kier alpha value is -3.30. The van der Waals surface area contributed by atoms with Crippen LogP contribution in [0.15, 0.2) is 42.5 Å². The summed E-state index contributed by atoms with van der Waals surface area (Å²) in [5, 5.41) is 11.3. The molecule has 1 aliphatic heterocycles. The molecule has 2 aromatic carbocycles. The molecule has 0 aliphatic carbocycles. The lowest BCUT2D eigenvalue weighted by Crippen LogP contribution is -2.49. The molecular weight excluding hydrogens is 415 g/mol. The van der Waals surface area contributed by atoms with Gasteiger partial charge in [0.1, 0.15) is 11.4 Å². The van der Waals surface area contributed by atoms with Gasteiger partial charge in [-0.3, -0.25) is 14.9 Å². The van der Waals surface area contributed by atoms with Gasteiger partial charge in [-0.05, 0) is 36.8 Å². The van der Waals surface area contributed by atoms with Crippen molar-refractivity contribution < 1.29 is 27.6 Å². The Kier molecular flexibility index (Phi) is 6.67. The van der Waals surface area contributed by atoms with E-state index in [1.54, 1.807) is 34.1 Å². The highest BCUT2D eigenvalue weighted by Crippen LogP contribution is 2.36. The third-order valence-electron chi connectivity index (χ3n) is 4.96. The largest absolute Gasteiger partial charge is 0.494 e. The topological polar surface area (TPSA) is 75.9 Å². The van der Waals surface area contributed by atoms with Gasteiger partial charge < -0.3 is 14.5 Å². The molecule has 31 heavy (non-hydrogen) atoms. The Labute approximate surface area is 177 Å². The van der Waals surface area contributed by atoms with Gasteiger partial charge in [-0.25, -0.2) is 0 Å². The molecule has 1 saturated heterocycles. The maximum Gasteiger partial charge on any atom is 0.416 e. The van der Waals surface area contributed by atoms with E-state index in [0.717, 1.165) is 18.6 Å². The van der Waals surface area contributed by atoms with Crippen LogP contribution < -0.4 is 9.64 Å². The molecule has 1 fully saturated rings. The number of carbonyl (C=O) groups excluding carboxylic acids is 1. The summed E-state index contributed by atoms with van der Waals surface area (Å²) in [6.07, 6.45) is -3.82. The summed E-state index contributed by atoms with van der Waals surface area (Å²) in [5.41, 5.74) is -1.08. The van der Waals surface area contributed by atoms with Crippen molar-refractivity contribution in [3.8, 4) is 5.75 Å². The molecule has 0 spiro atoms. The Morgan fingerprint density at radius 2 is 1.84 bits per heavy atom. The van der Waals surface area contributed by atoms with Crippen LogP contribution in [0.2, 0.25) is 0 Å². The van der Waals surface area contributed by atoms with Crippen LogP contribution in [0.5, 0.6) is 5.75 Å². The van der Waals surface area contributed by atoms with Crippen molar-refractivity contribution in [2.24, 2.45) is 0 Å². The number of amides is 1. The number of nitro benzene ring substituents is 1. The highest BCUT2D eigenvalue weighted by molar-refractivity contribution is 5.94. The van der Waals surface area contributed by atoms with Crippen LogP contribution in [-0.2, 0) is 6.18 Å². The van der Waals surface area contributed by atoms with Crippen LogP contribution in [0.25, 0.3) is 0 Å². The van der Waals surface area contributed by atoms with E-state index in [4.69, 9.17) is 4.74 Å². The minimum atomic E-state index is -4.66. The highest BCUT2D eigenvalue weighted by atomic mass is 19.4. The third kappa shape index (κ3) is 5.25. The fraction of sp³-hybridized carbons (Fsp3) is 0.381. The van der Waals surface area contributed by atoms with E-state index >= 15 is 0 Å². The van der Waals surface area contributed by atoms with E-state index in [9.17, 15) is 28.1 Å². The lowest BCUT2D eigenvalue weighted by molar-refractivity contribution is -0.384. The van der Waals surface area contributed by atoms with E-state index in [1.165, 1.54) is 0 Å². The first kappa shape index (κ1) is 22.4. The number of halogens is 3. The maximum atomic E-state index is 12.9. The Morgan fingerprint density at radius 1 is 1.13 bits per heavy atom. The quantitative estimate of drug-likeness (QED) is 0.496. The highest BCUT2D eigenvalue weighted by Gasteiger charge is 2.34. The van der Waals surface area contributed by atoms with Gasteiger partial charge >= 0.3 is 6.18 Å². The number of nitrogens with zero attached hydrogens (tertiary/aromatic N) is 3. The van der Waals surface area contributed by atoms with E-state index in [-0.39, 0.29) is 37.8 Å². The molecule has 1 amide bonds. The van der Waals surface area contributed by atoms with Crippen molar-refractivity contribution in [2.45, 2.75) is 19.5 Å². The van der Waals surface area contributed by atoms with Crippen LogP contribution in [-0.4, -0.2) is 48.5 Å². The molecule has 1 heterocycles. The minimum absolute atomic E-state index is 0.111. The van der Waals surface area contributed by atoms with Gasteiger partial charge in [0, 0.05) is 37.8 Å². The van der Waals surface area contributed by atoms with Gasteiger partial charge in [-0.2, -0.15) is 13.2 Å². The summed E-state index contributed by atoms with van der Waals surface area (Å²) in [7, 11) is 0. The van der Waals surface area contributed by atoms with Gasteiger partial charge in [-0.15, -0.1) is 0 Å². The number of rotatable bonds is 6. The van der Waals surface area contributed by atoms with Crippen molar-refractivity contribution >= 4 is 17.3 Å². The summed E-state index contributed by atoms with van der Waals surface area (Å²) < 4.78 is 44.3. The summed E-state index contributed by atoms with van der Waals surface area (Å²) in [6, 6.07) is 9.37. The molecule has 0 aromatic heterocycles. The van der Waals surface area contributed by atoms with Gasteiger partial charge in [-0.1, -0.05) is 13.0 Å². The average Bonchev–Trinajstić information content (AvgIpc) is 2.76. The van der Waals surface area contributed by atoms with Gasteiger partial charge in [0.25, 0.3) is 11.6 Å². The fourth-order valence-corrected chi connectivity index (χ4v) is 3.39. The molecule has 0 unspecified atom stereocenters. The smallest absolute Gasteiger partial charge is 0.416 e. The third-order valence-corrected chi connectivity index (χ3v) is 4.96. The Bertz CT molecular complexity index is 957. The number of hydrogen-bond donors (Lipinski definition) is 0. The lowest BCUT2D eigenvalue weighted by atomic mass is 10.1. The first-order valence-corrected chi connectivity index (χ1v) is 9.83. The predicted molar refractivity (Wildman–Crippen MR) is 108 cm³/mol. The van der Waals surface area contributed by atoms with Crippen LogP contribution >= 0.6 is 0 Å². The number of ether oxygens (including phenoxy) is 1. The minimum Gasteiger partial charge on any atom is -0.494 e. The number of nitro groups is 1. The second kappa shape index (κ2) is 9.23. The van der Waals surface area contributed by atoms with Gasteiger partial charge in [0.15, 0.2) is 0 Å².